The number of carboxylic acids is 1. The lowest BCUT2D eigenvalue weighted by Crippen LogP contribution is -2.14. The lowest BCUT2D eigenvalue weighted by atomic mass is 10.1. The van der Waals surface area contributed by atoms with Gasteiger partial charge in [0.1, 0.15) is 5.69 Å². The second-order valence-electron chi connectivity index (χ2n) is 7.38. The fourth-order valence-electron chi connectivity index (χ4n) is 3.49. The van der Waals surface area contributed by atoms with Gasteiger partial charge in [-0.05, 0) is 31.6 Å². The van der Waals surface area contributed by atoms with Crippen molar-refractivity contribution in [3.05, 3.63) is 23.8 Å². The van der Waals surface area contributed by atoms with Crippen molar-refractivity contribution in [3.63, 3.8) is 0 Å². The standard InChI is InChI=1S/C19H26N4O3/c1-12(2)10-23-17(19(24)25)13(3)21-18(23)15-8-20-9-16(22-15)26-11-14-6-4-5-7-14/h8-9,12,14H,4-7,10-11H2,1-3H3,(H,24,25). The summed E-state index contributed by atoms with van der Waals surface area (Å²) < 4.78 is 7.55. The van der Waals surface area contributed by atoms with Crippen LogP contribution in [0.2, 0.25) is 0 Å². The first-order chi connectivity index (χ1) is 12.5. The Bertz CT molecular complexity index is 779. The van der Waals surface area contributed by atoms with Gasteiger partial charge < -0.3 is 14.4 Å². The lowest BCUT2D eigenvalue weighted by Gasteiger charge is -2.13. The Hall–Kier alpha value is -2.44. The summed E-state index contributed by atoms with van der Waals surface area (Å²) in [5, 5.41) is 9.56. The van der Waals surface area contributed by atoms with Crippen LogP contribution in [0.3, 0.4) is 0 Å². The third-order valence-corrected chi connectivity index (χ3v) is 4.68. The van der Waals surface area contributed by atoms with Crippen molar-refractivity contribution in [2.75, 3.05) is 6.61 Å². The molecule has 0 spiro atoms. The number of ether oxygens (including phenoxy) is 1. The first kappa shape index (κ1) is 18.4. The minimum atomic E-state index is -0.983. The summed E-state index contributed by atoms with van der Waals surface area (Å²) >= 11 is 0. The van der Waals surface area contributed by atoms with E-state index in [1.807, 2.05) is 13.8 Å². The second-order valence-corrected chi connectivity index (χ2v) is 7.38. The van der Waals surface area contributed by atoms with Crippen LogP contribution in [-0.2, 0) is 6.54 Å². The molecule has 3 rings (SSSR count). The molecule has 140 valence electrons. The molecule has 7 nitrogen and oxygen atoms in total. The summed E-state index contributed by atoms with van der Waals surface area (Å²) in [4.78, 5) is 24.9. The van der Waals surface area contributed by atoms with Gasteiger partial charge in [0.15, 0.2) is 11.5 Å². The minimum Gasteiger partial charge on any atom is -0.477 e. The van der Waals surface area contributed by atoms with Gasteiger partial charge in [0.25, 0.3) is 0 Å². The number of hydrogen-bond acceptors (Lipinski definition) is 5. The van der Waals surface area contributed by atoms with Crippen LogP contribution in [-0.4, -0.2) is 37.2 Å². The molecule has 1 aliphatic rings. The number of carboxylic acid groups (broad SMARTS) is 1. The second kappa shape index (κ2) is 7.85. The van der Waals surface area contributed by atoms with Gasteiger partial charge in [0.05, 0.1) is 24.7 Å². The third kappa shape index (κ3) is 4.03. The monoisotopic (exact) mass is 358 g/mol. The average Bonchev–Trinajstić information content (AvgIpc) is 3.20. The largest absolute Gasteiger partial charge is 0.477 e. The quantitative estimate of drug-likeness (QED) is 0.814. The molecule has 2 aromatic heterocycles. The fourth-order valence-corrected chi connectivity index (χ4v) is 3.49. The van der Waals surface area contributed by atoms with Crippen LogP contribution in [0.4, 0.5) is 0 Å². The van der Waals surface area contributed by atoms with Crippen molar-refractivity contribution in [3.8, 4) is 17.4 Å². The molecule has 0 amide bonds. The zero-order valence-corrected chi connectivity index (χ0v) is 15.6. The molecule has 0 unspecified atom stereocenters. The number of rotatable bonds is 7. The molecule has 0 aliphatic heterocycles. The van der Waals surface area contributed by atoms with Crippen molar-refractivity contribution in [2.24, 2.45) is 11.8 Å². The Morgan fingerprint density at radius 2 is 2.04 bits per heavy atom. The van der Waals surface area contributed by atoms with E-state index in [4.69, 9.17) is 4.74 Å². The molecule has 1 saturated carbocycles. The van der Waals surface area contributed by atoms with E-state index in [0.29, 0.717) is 42.2 Å². The van der Waals surface area contributed by atoms with Crippen molar-refractivity contribution in [2.45, 2.75) is 53.0 Å². The summed E-state index contributed by atoms with van der Waals surface area (Å²) in [6.45, 7) is 6.98. The molecule has 2 heterocycles. The van der Waals surface area contributed by atoms with E-state index in [0.717, 1.165) is 0 Å². The van der Waals surface area contributed by atoms with Gasteiger partial charge in [-0.15, -0.1) is 0 Å². The average molecular weight is 358 g/mol. The maximum absolute atomic E-state index is 11.7. The Morgan fingerprint density at radius 1 is 1.31 bits per heavy atom. The highest BCUT2D eigenvalue weighted by Gasteiger charge is 2.23. The highest BCUT2D eigenvalue weighted by molar-refractivity contribution is 5.88. The molecule has 1 fully saturated rings. The highest BCUT2D eigenvalue weighted by Crippen LogP contribution is 2.26. The van der Waals surface area contributed by atoms with Crippen LogP contribution in [0.5, 0.6) is 5.88 Å². The maximum atomic E-state index is 11.7. The van der Waals surface area contributed by atoms with E-state index in [-0.39, 0.29) is 11.6 Å². The molecule has 0 radical (unpaired) electrons. The number of imidazole rings is 1. The molecule has 1 aliphatic carbocycles. The minimum absolute atomic E-state index is 0.202. The summed E-state index contributed by atoms with van der Waals surface area (Å²) in [6.07, 6.45) is 8.14. The Morgan fingerprint density at radius 3 is 2.69 bits per heavy atom. The lowest BCUT2D eigenvalue weighted by molar-refractivity contribution is 0.0683. The van der Waals surface area contributed by atoms with Gasteiger partial charge in [0.2, 0.25) is 5.88 Å². The first-order valence-electron chi connectivity index (χ1n) is 9.21. The summed E-state index contributed by atoms with van der Waals surface area (Å²) in [5.41, 5.74) is 1.21. The topological polar surface area (TPSA) is 90.1 Å². The van der Waals surface area contributed by atoms with E-state index >= 15 is 0 Å². The third-order valence-electron chi connectivity index (χ3n) is 4.68. The van der Waals surface area contributed by atoms with Crippen LogP contribution in [0.25, 0.3) is 11.5 Å². The molecule has 0 saturated heterocycles. The van der Waals surface area contributed by atoms with E-state index in [1.54, 1.807) is 23.9 Å². The van der Waals surface area contributed by atoms with Crippen molar-refractivity contribution in [1.29, 1.82) is 0 Å². The normalized spacial score (nSPS) is 14.9. The van der Waals surface area contributed by atoms with Crippen molar-refractivity contribution in [1.82, 2.24) is 19.5 Å². The Balaban J connectivity index is 1.89. The number of nitrogens with zero attached hydrogens (tertiary/aromatic N) is 4. The molecule has 2 aromatic rings. The fraction of sp³-hybridized carbons (Fsp3) is 0.579. The molecular formula is C19H26N4O3. The molecule has 0 bridgehead atoms. The predicted octanol–water partition coefficient (Wildman–Crippen LogP) is 3.57. The zero-order chi connectivity index (χ0) is 18.7. The Kier molecular flexibility index (Phi) is 5.54. The highest BCUT2D eigenvalue weighted by atomic mass is 16.5. The zero-order valence-electron chi connectivity index (χ0n) is 15.6. The SMILES string of the molecule is Cc1nc(-c2cncc(OCC3CCCC3)n2)n(CC(C)C)c1C(=O)O. The summed E-state index contributed by atoms with van der Waals surface area (Å²) in [5.74, 6) is 0.860. The van der Waals surface area contributed by atoms with Gasteiger partial charge in [-0.2, -0.15) is 0 Å². The number of aromatic carboxylic acids is 1. The maximum Gasteiger partial charge on any atom is 0.354 e. The van der Waals surface area contributed by atoms with Gasteiger partial charge in [0, 0.05) is 6.54 Å². The molecular weight excluding hydrogens is 332 g/mol. The van der Waals surface area contributed by atoms with Gasteiger partial charge in [-0.25, -0.2) is 14.8 Å². The Labute approximate surface area is 153 Å². The molecule has 7 heteroatoms. The van der Waals surface area contributed by atoms with Crippen LogP contribution in [0.1, 0.15) is 55.7 Å². The number of aromatic nitrogens is 4. The first-order valence-corrected chi connectivity index (χ1v) is 9.21. The summed E-state index contributed by atoms with van der Waals surface area (Å²) in [6, 6.07) is 0. The van der Waals surface area contributed by atoms with Crippen LogP contribution < -0.4 is 4.74 Å². The van der Waals surface area contributed by atoms with Gasteiger partial charge in [-0.1, -0.05) is 26.7 Å². The molecule has 0 atom stereocenters. The smallest absolute Gasteiger partial charge is 0.354 e. The molecule has 0 aromatic carbocycles. The van der Waals surface area contributed by atoms with E-state index in [1.165, 1.54) is 25.7 Å². The molecule has 26 heavy (non-hydrogen) atoms. The van der Waals surface area contributed by atoms with E-state index in [2.05, 4.69) is 15.0 Å². The van der Waals surface area contributed by atoms with Crippen LogP contribution in [0.15, 0.2) is 12.4 Å². The van der Waals surface area contributed by atoms with Crippen LogP contribution >= 0.6 is 0 Å². The van der Waals surface area contributed by atoms with Gasteiger partial charge in [-0.3, -0.25) is 4.98 Å². The molecule has 1 N–H and O–H groups in total. The van der Waals surface area contributed by atoms with Gasteiger partial charge >= 0.3 is 5.97 Å². The number of aryl methyl sites for hydroxylation is 1. The summed E-state index contributed by atoms with van der Waals surface area (Å²) in [7, 11) is 0. The van der Waals surface area contributed by atoms with E-state index in [9.17, 15) is 9.90 Å². The number of carbonyl (C=O) groups is 1. The van der Waals surface area contributed by atoms with Crippen molar-refractivity contribution >= 4 is 5.97 Å². The van der Waals surface area contributed by atoms with Crippen molar-refractivity contribution < 1.29 is 14.6 Å². The number of hydrogen-bond donors (Lipinski definition) is 1. The predicted molar refractivity (Wildman–Crippen MR) is 97.2 cm³/mol. The van der Waals surface area contributed by atoms with Crippen LogP contribution in [0, 0.1) is 18.8 Å². The van der Waals surface area contributed by atoms with E-state index < -0.39 is 5.97 Å².